The van der Waals surface area contributed by atoms with E-state index in [9.17, 15) is 19.5 Å². The van der Waals surface area contributed by atoms with Gasteiger partial charge in [0.25, 0.3) is 0 Å². The minimum atomic E-state index is -1.13. The average Bonchev–Trinajstić information content (AvgIpc) is 3.19. The number of aliphatic carboxylic acids is 1. The summed E-state index contributed by atoms with van der Waals surface area (Å²) in [5.74, 6) is -0.834. The lowest BCUT2D eigenvalue weighted by Gasteiger charge is -2.35. The van der Waals surface area contributed by atoms with Gasteiger partial charge in [0.2, 0.25) is 0 Å². The highest BCUT2D eigenvalue weighted by Gasteiger charge is 2.38. The molecule has 2 aromatic rings. The number of nitrogens with zero attached hydrogens (tertiary/aromatic N) is 1. The van der Waals surface area contributed by atoms with Gasteiger partial charge in [0, 0.05) is 25.6 Å². The van der Waals surface area contributed by atoms with E-state index in [1.165, 1.54) is 22.3 Å². The fourth-order valence-electron chi connectivity index (χ4n) is 5.46. The zero-order chi connectivity index (χ0) is 27.5. The maximum absolute atomic E-state index is 12.9. The number of ether oxygens (including phenoxy) is 2. The molecule has 204 valence electrons. The first-order chi connectivity index (χ1) is 18.0. The van der Waals surface area contributed by atoms with E-state index in [4.69, 9.17) is 9.47 Å². The van der Waals surface area contributed by atoms with Gasteiger partial charge in [0.15, 0.2) is 0 Å². The third-order valence-corrected chi connectivity index (χ3v) is 7.49. The van der Waals surface area contributed by atoms with Crippen LogP contribution in [0, 0.1) is 11.3 Å². The Hall–Kier alpha value is -3.55. The molecule has 0 spiro atoms. The molecule has 4 rings (SSSR count). The molecule has 2 aliphatic rings. The second kappa shape index (κ2) is 11.1. The monoisotopic (exact) mass is 522 g/mol. The molecule has 0 aromatic heterocycles. The number of carboxylic acids is 1. The first-order valence-corrected chi connectivity index (χ1v) is 13.3. The van der Waals surface area contributed by atoms with Gasteiger partial charge >= 0.3 is 18.2 Å². The summed E-state index contributed by atoms with van der Waals surface area (Å²) < 4.78 is 11.0. The van der Waals surface area contributed by atoms with Crippen molar-refractivity contribution in [1.29, 1.82) is 0 Å². The molecule has 1 aliphatic heterocycles. The maximum Gasteiger partial charge on any atom is 0.409 e. The predicted molar refractivity (Wildman–Crippen MR) is 144 cm³/mol. The summed E-state index contributed by atoms with van der Waals surface area (Å²) in [7, 11) is 0. The van der Waals surface area contributed by atoms with Crippen LogP contribution in [0.5, 0.6) is 0 Å². The molecule has 1 heterocycles. The zero-order valence-corrected chi connectivity index (χ0v) is 22.7. The van der Waals surface area contributed by atoms with Crippen LogP contribution in [0.4, 0.5) is 9.59 Å². The second-order valence-electron chi connectivity index (χ2n) is 11.7. The van der Waals surface area contributed by atoms with Crippen LogP contribution in [0.3, 0.4) is 0 Å². The Morgan fingerprint density at radius 2 is 1.50 bits per heavy atom. The molecular formula is C30H38N2O6. The Morgan fingerprint density at radius 3 is 2.03 bits per heavy atom. The second-order valence-corrected chi connectivity index (χ2v) is 11.7. The fourth-order valence-corrected chi connectivity index (χ4v) is 5.46. The Kier molecular flexibility index (Phi) is 7.99. The summed E-state index contributed by atoms with van der Waals surface area (Å²) in [6.45, 7) is 8.19. The highest BCUT2D eigenvalue weighted by molar-refractivity contribution is 5.79. The Morgan fingerprint density at radius 1 is 0.947 bits per heavy atom. The molecule has 1 aliphatic carbocycles. The summed E-state index contributed by atoms with van der Waals surface area (Å²) in [5, 5.41) is 12.5. The van der Waals surface area contributed by atoms with Gasteiger partial charge in [0.1, 0.15) is 12.2 Å². The van der Waals surface area contributed by atoms with E-state index in [-0.39, 0.29) is 31.1 Å². The van der Waals surface area contributed by atoms with Gasteiger partial charge in [-0.2, -0.15) is 0 Å². The molecule has 1 fully saturated rings. The minimum Gasteiger partial charge on any atom is -0.481 e. The largest absolute Gasteiger partial charge is 0.481 e. The fraction of sp³-hybridized carbons (Fsp3) is 0.500. The van der Waals surface area contributed by atoms with Crippen LogP contribution in [0.1, 0.15) is 64.0 Å². The molecule has 2 N–H and O–H groups in total. The predicted octanol–water partition coefficient (Wildman–Crippen LogP) is 5.65. The van der Waals surface area contributed by atoms with Crippen LogP contribution in [-0.2, 0) is 14.3 Å². The lowest BCUT2D eigenvalue weighted by molar-refractivity contribution is -0.149. The summed E-state index contributed by atoms with van der Waals surface area (Å²) in [4.78, 5) is 38.7. The number of hydrogen-bond acceptors (Lipinski definition) is 5. The number of piperidine rings is 1. The van der Waals surface area contributed by atoms with Crippen molar-refractivity contribution in [3.63, 3.8) is 0 Å². The van der Waals surface area contributed by atoms with Crippen LogP contribution >= 0.6 is 0 Å². The van der Waals surface area contributed by atoms with Gasteiger partial charge in [-0.15, -0.1) is 0 Å². The van der Waals surface area contributed by atoms with E-state index in [1.807, 2.05) is 24.3 Å². The SMILES string of the molecule is CC(C)(C)OC(=O)NCC(C)(CC1CCN(C(=O)OCC2c3ccccc3-c3ccccc32)CC1)C(=O)O. The Labute approximate surface area is 224 Å². The van der Waals surface area contributed by atoms with Crippen molar-refractivity contribution >= 4 is 18.2 Å². The van der Waals surface area contributed by atoms with Gasteiger partial charge < -0.3 is 24.8 Å². The Bertz CT molecular complexity index is 1140. The number of hydrogen-bond donors (Lipinski definition) is 2. The molecule has 38 heavy (non-hydrogen) atoms. The summed E-state index contributed by atoms with van der Waals surface area (Å²) >= 11 is 0. The number of benzene rings is 2. The number of fused-ring (bicyclic) bond motifs is 3. The number of amides is 2. The number of nitrogens with one attached hydrogen (secondary N) is 1. The van der Waals surface area contributed by atoms with Gasteiger partial charge in [-0.05, 0) is 75.1 Å². The molecular weight excluding hydrogens is 484 g/mol. The number of rotatable bonds is 7. The van der Waals surface area contributed by atoms with Crippen molar-refractivity contribution in [2.24, 2.45) is 11.3 Å². The highest BCUT2D eigenvalue weighted by Crippen LogP contribution is 2.44. The lowest BCUT2D eigenvalue weighted by atomic mass is 9.77. The van der Waals surface area contributed by atoms with Crippen LogP contribution in [0.15, 0.2) is 48.5 Å². The van der Waals surface area contributed by atoms with Crippen molar-refractivity contribution in [2.45, 2.75) is 58.5 Å². The quantitative estimate of drug-likeness (QED) is 0.487. The lowest BCUT2D eigenvalue weighted by Crippen LogP contribution is -2.45. The maximum atomic E-state index is 12.9. The summed E-state index contributed by atoms with van der Waals surface area (Å²) in [6, 6.07) is 16.5. The van der Waals surface area contributed by atoms with Crippen molar-refractivity contribution in [3.05, 3.63) is 59.7 Å². The molecule has 8 heteroatoms. The number of carboxylic acid groups (broad SMARTS) is 1. The molecule has 2 amide bonds. The van der Waals surface area contributed by atoms with Crippen LogP contribution in [0.25, 0.3) is 11.1 Å². The van der Waals surface area contributed by atoms with E-state index in [0.717, 1.165) is 0 Å². The van der Waals surface area contributed by atoms with E-state index >= 15 is 0 Å². The van der Waals surface area contributed by atoms with Crippen LogP contribution < -0.4 is 5.32 Å². The van der Waals surface area contributed by atoms with Crippen LogP contribution in [-0.4, -0.2) is 60.0 Å². The molecule has 1 saturated heterocycles. The first-order valence-electron chi connectivity index (χ1n) is 13.3. The van der Waals surface area contributed by atoms with Crippen LogP contribution in [0.2, 0.25) is 0 Å². The molecule has 0 bridgehead atoms. The third-order valence-electron chi connectivity index (χ3n) is 7.49. The molecule has 1 unspecified atom stereocenters. The van der Waals surface area contributed by atoms with Crippen molar-refractivity contribution in [2.75, 3.05) is 26.2 Å². The zero-order valence-electron chi connectivity index (χ0n) is 22.7. The van der Waals surface area contributed by atoms with E-state index in [0.29, 0.717) is 32.4 Å². The van der Waals surface area contributed by atoms with Gasteiger partial charge in [-0.25, -0.2) is 9.59 Å². The van der Waals surface area contributed by atoms with E-state index in [2.05, 4.69) is 29.6 Å². The van der Waals surface area contributed by atoms with E-state index in [1.54, 1.807) is 32.6 Å². The summed E-state index contributed by atoms with van der Waals surface area (Å²) in [5.41, 5.74) is 2.94. The Balaban J connectivity index is 1.28. The van der Waals surface area contributed by atoms with Gasteiger partial charge in [-0.1, -0.05) is 48.5 Å². The standard InChI is InChI=1S/C30H38N2O6/c1-29(2,3)38-27(35)31-19-30(4,26(33)34)17-20-13-15-32(16-14-20)28(36)37-18-25-23-11-7-5-9-21(23)22-10-6-8-12-24(22)25/h5-12,20,25H,13-19H2,1-4H3,(H,31,35)(H,33,34). The van der Waals surface area contributed by atoms with Gasteiger partial charge in [-0.3, -0.25) is 4.79 Å². The molecule has 0 saturated carbocycles. The number of carbonyl (C=O) groups excluding carboxylic acids is 2. The molecule has 8 nitrogen and oxygen atoms in total. The van der Waals surface area contributed by atoms with Crippen molar-refractivity contribution in [3.8, 4) is 11.1 Å². The molecule has 0 radical (unpaired) electrons. The normalized spacial score (nSPS) is 17.2. The summed E-state index contributed by atoms with van der Waals surface area (Å²) in [6.07, 6.45) is 0.795. The van der Waals surface area contributed by atoms with E-state index < -0.39 is 23.1 Å². The van der Waals surface area contributed by atoms with Crippen molar-refractivity contribution < 1.29 is 29.0 Å². The number of carbonyl (C=O) groups is 3. The van der Waals surface area contributed by atoms with Crippen molar-refractivity contribution in [1.82, 2.24) is 10.2 Å². The molecule has 2 aromatic carbocycles. The number of alkyl carbamates (subject to hydrolysis) is 1. The molecule has 1 atom stereocenters. The highest BCUT2D eigenvalue weighted by atomic mass is 16.6. The minimum absolute atomic E-state index is 0.0117. The average molecular weight is 523 g/mol. The smallest absolute Gasteiger partial charge is 0.409 e. The first kappa shape index (κ1) is 27.5. The topological polar surface area (TPSA) is 105 Å². The third kappa shape index (κ3) is 6.29. The van der Waals surface area contributed by atoms with Gasteiger partial charge in [0.05, 0.1) is 5.41 Å². The number of likely N-dealkylation sites (tertiary alicyclic amines) is 1.